The average molecular weight is 259 g/mol. The second-order valence-corrected chi connectivity index (χ2v) is 4.23. The van der Waals surface area contributed by atoms with Gasteiger partial charge in [0.2, 0.25) is 0 Å². The van der Waals surface area contributed by atoms with Gasteiger partial charge in [-0.1, -0.05) is 0 Å². The van der Waals surface area contributed by atoms with E-state index in [-0.39, 0.29) is 5.91 Å². The summed E-state index contributed by atoms with van der Waals surface area (Å²) in [6.45, 7) is 2.42. The van der Waals surface area contributed by atoms with E-state index in [1.165, 1.54) is 0 Å². The van der Waals surface area contributed by atoms with Crippen LogP contribution in [0.15, 0.2) is 24.7 Å². The van der Waals surface area contributed by atoms with E-state index >= 15 is 0 Å². The molecule has 0 bridgehead atoms. The predicted octanol–water partition coefficient (Wildman–Crippen LogP) is 1.10. The van der Waals surface area contributed by atoms with Gasteiger partial charge in [0.1, 0.15) is 0 Å². The minimum atomic E-state index is -0.152. The lowest BCUT2D eigenvalue weighted by Crippen LogP contribution is -2.24. The summed E-state index contributed by atoms with van der Waals surface area (Å²) in [7, 11) is 3.65. The molecule has 0 saturated carbocycles. The Balaban J connectivity index is 2.07. The number of aromatic nitrogens is 3. The first-order chi connectivity index (χ1) is 9.13. The van der Waals surface area contributed by atoms with Crippen LogP contribution >= 0.6 is 0 Å². The summed E-state index contributed by atoms with van der Waals surface area (Å²) in [5.41, 5.74) is 3.34. The number of carbonyl (C=O) groups excluding carboxylic acids is 1. The Morgan fingerprint density at radius 3 is 2.84 bits per heavy atom. The molecule has 0 radical (unpaired) electrons. The molecule has 6 heteroatoms. The number of carbonyl (C=O) groups is 1. The maximum Gasteiger partial charge on any atom is 0.255 e. The van der Waals surface area contributed by atoms with Crippen molar-refractivity contribution in [1.82, 2.24) is 20.1 Å². The molecule has 6 nitrogen and oxygen atoms in total. The van der Waals surface area contributed by atoms with Crippen LogP contribution in [0.2, 0.25) is 0 Å². The highest BCUT2D eigenvalue weighted by molar-refractivity contribution is 5.99. The first-order valence-electron chi connectivity index (χ1n) is 6.01. The van der Waals surface area contributed by atoms with Crippen LogP contribution in [-0.4, -0.2) is 27.7 Å². The van der Waals surface area contributed by atoms with Crippen molar-refractivity contribution in [3.8, 4) is 0 Å². The largest absolute Gasteiger partial charge is 0.387 e. The summed E-state index contributed by atoms with van der Waals surface area (Å²) in [6, 6.07) is 1.77. The molecule has 0 unspecified atom stereocenters. The van der Waals surface area contributed by atoms with Gasteiger partial charge in [0.15, 0.2) is 0 Å². The summed E-state index contributed by atoms with van der Waals surface area (Å²) in [5, 5.41) is 9.99. The maximum atomic E-state index is 12.1. The number of rotatable bonds is 4. The highest BCUT2D eigenvalue weighted by Crippen LogP contribution is 2.13. The second kappa shape index (κ2) is 5.51. The molecule has 0 saturated heterocycles. The molecule has 0 aliphatic carbocycles. The van der Waals surface area contributed by atoms with Gasteiger partial charge in [0, 0.05) is 50.0 Å². The van der Waals surface area contributed by atoms with Crippen LogP contribution in [0.1, 0.15) is 21.6 Å². The van der Waals surface area contributed by atoms with Gasteiger partial charge in [-0.2, -0.15) is 5.10 Å². The summed E-state index contributed by atoms with van der Waals surface area (Å²) < 4.78 is 1.78. The molecule has 19 heavy (non-hydrogen) atoms. The van der Waals surface area contributed by atoms with E-state index in [1.807, 2.05) is 14.0 Å². The number of nitrogens with zero attached hydrogens (tertiary/aromatic N) is 3. The van der Waals surface area contributed by atoms with E-state index in [1.54, 1.807) is 36.4 Å². The minimum Gasteiger partial charge on any atom is -0.387 e. The molecule has 100 valence electrons. The van der Waals surface area contributed by atoms with Crippen LogP contribution in [-0.2, 0) is 13.6 Å². The van der Waals surface area contributed by atoms with Gasteiger partial charge in [0.05, 0.1) is 11.8 Å². The zero-order valence-electron chi connectivity index (χ0n) is 11.3. The molecule has 2 aromatic rings. The standard InChI is InChI=1S/C13H17N5O/c1-9-10(7-17-18(9)3)6-16-13(19)11-8-15-5-4-12(11)14-2/h4-5,7-8H,6H2,1-3H3,(H,14,15)(H,16,19). The van der Waals surface area contributed by atoms with E-state index in [0.29, 0.717) is 12.1 Å². The van der Waals surface area contributed by atoms with Gasteiger partial charge < -0.3 is 10.6 Å². The molecule has 0 aliphatic rings. The SMILES string of the molecule is CNc1ccncc1C(=O)NCc1cnn(C)c1C. The van der Waals surface area contributed by atoms with E-state index in [0.717, 1.165) is 16.9 Å². The van der Waals surface area contributed by atoms with Crippen molar-refractivity contribution in [3.63, 3.8) is 0 Å². The topological polar surface area (TPSA) is 71.8 Å². The van der Waals surface area contributed by atoms with E-state index in [4.69, 9.17) is 0 Å². The Bertz CT molecular complexity index is 590. The number of amides is 1. The van der Waals surface area contributed by atoms with Crippen molar-refractivity contribution >= 4 is 11.6 Å². The van der Waals surface area contributed by atoms with Crippen LogP contribution in [0, 0.1) is 6.92 Å². The molecular formula is C13H17N5O. The van der Waals surface area contributed by atoms with Crippen molar-refractivity contribution < 1.29 is 4.79 Å². The van der Waals surface area contributed by atoms with Gasteiger partial charge in [0.25, 0.3) is 5.91 Å². The van der Waals surface area contributed by atoms with Gasteiger partial charge >= 0.3 is 0 Å². The minimum absolute atomic E-state index is 0.152. The molecule has 0 atom stereocenters. The number of hydrogen-bond donors (Lipinski definition) is 2. The molecule has 0 fully saturated rings. The highest BCUT2D eigenvalue weighted by atomic mass is 16.1. The van der Waals surface area contributed by atoms with E-state index in [2.05, 4.69) is 20.7 Å². The maximum absolute atomic E-state index is 12.1. The van der Waals surface area contributed by atoms with Crippen LogP contribution in [0.25, 0.3) is 0 Å². The molecule has 1 amide bonds. The molecule has 2 N–H and O–H groups in total. The number of aryl methyl sites for hydroxylation is 1. The highest BCUT2D eigenvalue weighted by Gasteiger charge is 2.11. The average Bonchev–Trinajstić information content (AvgIpc) is 2.76. The Kier molecular flexibility index (Phi) is 3.79. The molecular weight excluding hydrogens is 242 g/mol. The van der Waals surface area contributed by atoms with Crippen molar-refractivity contribution in [2.24, 2.45) is 7.05 Å². The summed E-state index contributed by atoms with van der Waals surface area (Å²) >= 11 is 0. The summed E-state index contributed by atoms with van der Waals surface area (Å²) in [4.78, 5) is 16.1. The Hall–Kier alpha value is -2.37. The van der Waals surface area contributed by atoms with Crippen LogP contribution in [0.4, 0.5) is 5.69 Å². The van der Waals surface area contributed by atoms with Gasteiger partial charge in [-0.3, -0.25) is 14.5 Å². The van der Waals surface area contributed by atoms with Crippen LogP contribution in [0.5, 0.6) is 0 Å². The summed E-state index contributed by atoms with van der Waals surface area (Å²) in [6.07, 6.45) is 4.96. The van der Waals surface area contributed by atoms with Gasteiger partial charge in [-0.25, -0.2) is 0 Å². The zero-order chi connectivity index (χ0) is 13.8. The Morgan fingerprint density at radius 2 is 2.21 bits per heavy atom. The fourth-order valence-corrected chi connectivity index (χ4v) is 1.78. The Morgan fingerprint density at radius 1 is 1.42 bits per heavy atom. The smallest absolute Gasteiger partial charge is 0.255 e. The second-order valence-electron chi connectivity index (χ2n) is 4.23. The summed E-state index contributed by atoms with van der Waals surface area (Å²) in [5.74, 6) is -0.152. The van der Waals surface area contributed by atoms with Crippen LogP contribution in [0.3, 0.4) is 0 Å². The van der Waals surface area contributed by atoms with Gasteiger partial charge in [-0.15, -0.1) is 0 Å². The molecule has 0 aliphatic heterocycles. The van der Waals surface area contributed by atoms with Crippen molar-refractivity contribution in [2.45, 2.75) is 13.5 Å². The number of nitrogens with one attached hydrogen (secondary N) is 2. The lowest BCUT2D eigenvalue weighted by atomic mass is 10.2. The fourth-order valence-electron chi connectivity index (χ4n) is 1.78. The van der Waals surface area contributed by atoms with Crippen LogP contribution < -0.4 is 10.6 Å². The fraction of sp³-hybridized carbons (Fsp3) is 0.308. The zero-order valence-corrected chi connectivity index (χ0v) is 11.3. The molecule has 2 aromatic heterocycles. The first kappa shape index (κ1) is 13.1. The predicted molar refractivity (Wildman–Crippen MR) is 72.9 cm³/mol. The molecule has 2 rings (SSSR count). The van der Waals surface area contributed by atoms with E-state index < -0.39 is 0 Å². The molecule has 0 spiro atoms. The lowest BCUT2D eigenvalue weighted by Gasteiger charge is -2.08. The van der Waals surface area contributed by atoms with Crippen molar-refractivity contribution in [2.75, 3.05) is 12.4 Å². The number of anilines is 1. The number of hydrogen-bond acceptors (Lipinski definition) is 4. The number of pyridine rings is 1. The van der Waals surface area contributed by atoms with Crippen molar-refractivity contribution in [1.29, 1.82) is 0 Å². The third kappa shape index (κ3) is 2.73. The molecule has 2 heterocycles. The van der Waals surface area contributed by atoms with Crippen molar-refractivity contribution in [3.05, 3.63) is 41.5 Å². The van der Waals surface area contributed by atoms with E-state index in [9.17, 15) is 4.79 Å². The third-order valence-electron chi connectivity index (χ3n) is 3.11. The third-order valence-corrected chi connectivity index (χ3v) is 3.11. The quantitative estimate of drug-likeness (QED) is 0.862. The molecule has 0 aromatic carbocycles. The first-order valence-corrected chi connectivity index (χ1v) is 6.01. The monoisotopic (exact) mass is 259 g/mol. The van der Waals surface area contributed by atoms with Gasteiger partial charge in [-0.05, 0) is 13.0 Å². The lowest BCUT2D eigenvalue weighted by molar-refractivity contribution is 0.0951. The Labute approximate surface area is 111 Å². The normalized spacial score (nSPS) is 10.3.